The summed E-state index contributed by atoms with van der Waals surface area (Å²) in [5.41, 5.74) is 5.08. The lowest BCUT2D eigenvalue weighted by Crippen LogP contribution is -2.15. The summed E-state index contributed by atoms with van der Waals surface area (Å²) in [5.74, 6) is -0.450. The van der Waals surface area contributed by atoms with Gasteiger partial charge < -0.3 is 19.8 Å². The van der Waals surface area contributed by atoms with Crippen molar-refractivity contribution in [2.45, 2.75) is 25.9 Å². The third kappa shape index (κ3) is 5.38. The van der Waals surface area contributed by atoms with E-state index in [1.54, 1.807) is 6.92 Å². The topological polar surface area (TPSA) is 70.0 Å². The van der Waals surface area contributed by atoms with Crippen LogP contribution >= 0.6 is 0 Å². The van der Waals surface area contributed by atoms with E-state index >= 15 is 0 Å². The van der Waals surface area contributed by atoms with Crippen molar-refractivity contribution in [3.8, 4) is 5.75 Å². The average molecular weight is 456 g/mol. The Hall–Kier alpha value is -3.83. The van der Waals surface area contributed by atoms with Gasteiger partial charge in [0.05, 0.1) is 6.10 Å². The van der Waals surface area contributed by atoms with Crippen LogP contribution in [0.4, 0.5) is 11.4 Å². The molecule has 1 atom stereocenters. The molecule has 0 amide bonds. The van der Waals surface area contributed by atoms with Gasteiger partial charge in [0.15, 0.2) is 6.61 Å². The lowest BCUT2D eigenvalue weighted by Gasteiger charge is -2.24. The molecule has 2 N–H and O–H groups in total. The third-order valence-electron chi connectivity index (χ3n) is 5.91. The summed E-state index contributed by atoms with van der Waals surface area (Å²) >= 11 is 0. The van der Waals surface area contributed by atoms with E-state index in [0.29, 0.717) is 18.6 Å². The zero-order chi connectivity index (χ0) is 24.1. The van der Waals surface area contributed by atoms with Crippen LogP contribution in [0, 0.1) is 0 Å². The molecule has 0 aliphatic rings. The number of aliphatic carboxylic acids is 1. The smallest absolute Gasteiger partial charge is 0.341 e. The van der Waals surface area contributed by atoms with E-state index in [9.17, 15) is 9.90 Å². The van der Waals surface area contributed by atoms with E-state index in [1.807, 2.05) is 61.6 Å². The number of nitrogens with zero attached hydrogens (tertiary/aromatic N) is 1. The summed E-state index contributed by atoms with van der Waals surface area (Å²) in [7, 11) is 2.00. The van der Waals surface area contributed by atoms with Crippen LogP contribution in [0.25, 0.3) is 10.8 Å². The maximum atomic E-state index is 11.1. The molecule has 4 rings (SSSR count). The average Bonchev–Trinajstić information content (AvgIpc) is 2.83. The normalized spacial score (nSPS) is 11.9. The molecule has 0 saturated carbocycles. The first-order valence-corrected chi connectivity index (χ1v) is 11.4. The zero-order valence-electron chi connectivity index (χ0n) is 19.4. The fraction of sp³-hybridized carbons (Fsp3) is 0.207. The minimum Gasteiger partial charge on any atom is -0.482 e. The van der Waals surface area contributed by atoms with Gasteiger partial charge in [0.1, 0.15) is 5.75 Å². The lowest BCUT2D eigenvalue weighted by molar-refractivity contribution is -0.139. The van der Waals surface area contributed by atoms with Gasteiger partial charge in [-0.05, 0) is 53.1 Å². The van der Waals surface area contributed by atoms with Crippen LogP contribution < -0.4 is 9.64 Å². The minimum atomic E-state index is -1.01. The molecule has 4 aromatic carbocycles. The van der Waals surface area contributed by atoms with Gasteiger partial charge in [-0.25, -0.2) is 4.79 Å². The molecule has 0 aromatic heterocycles. The second-order valence-corrected chi connectivity index (χ2v) is 8.53. The maximum Gasteiger partial charge on any atom is 0.341 e. The summed E-state index contributed by atoms with van der Waals surface area (Å²) in [5, 5.41) is 21.4. The molecule has 0 bridgehead atoms. The molecule has 4 aromatic rings. The Bertz CT molecular complexity index is 1290. The predicted molar refractivity (Wildman–Crippen MR) is 136 cm³/mol. The number of hydrogen-bond acceptors (Lipinski definition) is 4. The van der Waals surface area contributed by atoms with Gasteiger partial charge in [-0.2, -0.15) is 0 Å². The highest BCUT2D eigenvalue weighted by Crippen LogP contribution is 2.33. The number of hydrogen-bond donors (Lipinski definition) is 2. The predicted octanol–water partition coefficient (Wildman–Crippen LogP) is 5.59. The number of anilines is 2. The molecule has 5 heteroatoms. The SMILES string of the molecule is CC(O)Cc1ccccc1N(C)c1ccc(OCC(=O)O)c(Cc2cccc3ccccc23)c1. The van der Waals surface area contributed by atoms with Crippen LogP contribution in [0.5, 0.6) is 5.75 Å². The summed E-state index contributed by atoms with van der Waals surface area (Å²) in [6.45, 7) is 1.39. The molecule has 0 aliphatic heterocycles. The van der Waals surface area contributed by atoms with Gasteiger partial charge >= 0.3 is 5.97 Å². The number of aliphatic hydroxyl groups excluding tert-OH is 1. The molecule has 0 aliphatic carbocycles. The van der Waals surface area contributed by atoms with Crippen molar-refractivity contribution in [3.63, 3.8) is 0 Å². The van der Waals surface area contributed by atoms with E-state index in [1.165, 1.54) is 0 Å². The number of ether oxygens (including phenoxy) is 1. The molecule has 0 spiro atoms. The third-order valence-corrected chi connectivity index (χ3v) is 5.91. The Morgan fingerprint density at radius 1 is 0.912 bits per heavy atom. The van der Waals surface area contributed by atoms with Crippen LogP contribution in [0.15, 0.2) is 84.9 Å². The van der Waals surface area contributed by atoms with E-state index in [2.05, 4.69) is 35.2 Å². The summed E-state index contributed by atoms with van der Waals surface area (Å²) < 4.78 is 5.65. The summed E-state index contributed by atoms with van der Waals surface area (Å²) in [4.78, 5) is 13.2. The van der Waals surface area contributed by atoms with E-state index < -0.39 is 18.7 Å². The largest absolute Gasteiger partial charge is 0.482 e. The van der Waals surface area contributed by atoms with Gasteiger partial charge in [0.25, 0.3) is 0 Å². The van der Waals surface area contributed by atoms with Crippen molar-refractivity contribution in [2.24, 2.45) is 0 Å². The number of fused-ring (bicyclic) bond motifs is 1. The van der Waals surface area contributed by atoms with Crippen molar-refractivity contribution < 1.29 is 19.7 Å². The number of aliphatic hydroxyl groups is 1. The highest BCUT2D eigenvalue weighted by atomic mass is 16.5. The monoisotopic (exact) mass is 455 g/mol. The fourth-order valence-electron chi connectivity index (χ4n) is 4.31. The van der Waals surface area contributed by atoms with Gasteiger partial charge in [-0.3, -0.25) is 0 Å². The highest BCUT2D eigenvalue weighted by Gasteiger charge is 2.15. The molecule has 0 heterocycles. The standard InChI is InChI=1S/C29H29NO4/c1-20(31)16-23-9-4-6-13-27(23)30(2)25-14-15-28(34-19-29(32)33)24(18-25)17-22-11-7-10-21-8-3-5-12-26(21)22/h3-15,18,20,31H,16-17,19H2,1-2H3,(H,32,33). The van der Waals surface area contributed by atoms with E-state index in [4.69, 9.17) is 9.84 Å². The number of carboxylic acid groups (broad SMARTS) is 1. The first-order valence-electron chi connectivity index (χ1n) is 11.4. The Morgan fingerprint density at radius 2 is 1.62 bits per heavy atom. The number of rotatable bonds is 9. The van der Waals surface area contributed by atoms with E-state index in [-0.39, 0.29) is 0 Å². The molecule has 0 radical (unpaired) electrons. The van der Waals surface area contributed by atoms with Crippen molar-refractivity contribution in [2.75, 3.05) is 18.6 Å². The Morgan fingerprint density at radius 3 is 2.41 bits per heavy atom. The zero-order valence-corrected chi connectivity index (χ0v) is 19.4. The molecular weight excluding hydrogens is 426 g/mol. The molecule has 34 heavy (non-hydrogen) atoms. The first kappa shape index (κ1) is 23.3. The Labute approximate surface area is 199 Å². The number of carbonyl (C=O) groups is 1. The Balaban J connectivity index is 1.73. The van der Waals surface area contributed by atoms with Crippen molar-refractivity contribution in [1.82, 2.24) is 0 Å². The minimum absolute atomic E-state index is 0.394. The number of para-hydroxylation sites is 1. The molecule has 174 valence electrons. The van der Waals surface area contributed by atoms with Gasteiger partial charge in [-0.1, -0.05) is 60.7 Å². The number of benzene rings is 4. The molecule has 0 saturated heterocycles. The van der Waals surface area contributed by atoms with Gasteiger partial charge in [-0.15, -0.1) is 0 Å². The number of carboxylic acids is 1. The van der Waals surface area contributed by atoms with Crippen LogP contribution in [-0.4, -0.2) is 35.9 Å². The molecule has 1 unspecified atom stereocenters. The first-order chi connectivity index (χ1) is 16.4. The van der Waals surface area contributed by atoms with Gasteiger partial charge in [0.2, 0.25) is 0 Å². The quantitative estimate of drug-likeness (QED) is 0.345. The van der Waals surface area contributed by atoms with Gasteiger partial charge in [0, 0.05) is 36.8 Å². The molecule has 5 nitrogen and oxygen atoms in total. The second-order valence-electron chi connectivity index (χ2n) is 8.53. The summed E-state index contributed by atoms with van der Waals surface area (Å²) in [6.07, 6.45) is 0.722. The highest BCUT2D eigenvalue weighted by molar-refractivity contribution is 5.86. The molecular formula is C29H29NO4. The summed E-state index contributed by atoms with van der Waals surface area (Å²) in [6, 6.07) is 28.3. The Kier molecular flexibility index (Phi) is 7.14. The van der Waals surface area contributed by atoms with Crippen LogP contribution in [-0.2, 0) is 17.6 Å². The lowest BCUT2D eigenvalue weighted by atomic mass is 9.97. The maximum absolute atomic E-state index is 11.1. The fourth-order valence-corrected chi connectivity index (χ4v) is 4.31. The molecule has 0 fully saturated rings. The van der Waals surface area contributed by atoms with Crippen molar-refractivity contribution in [1.29, 1.82) is 0 Å². The van der Waals surface area contributed by atoms with Crippen LogP contribution in [0.3, 0.4) is 0 Å². The van der Waals surface area contributed by atoms with Crippen LogP contribution in [0.2, 0.25) is 0 Å². The van der Waals surface area contributed by atoms with Crippen LogP contribution in [0.1, 0.15) is 23.6 Å². The van der Waals surface area contributed by atoms with E-state index in [0.717, 1.165) is 38.8 Å². The second kappa shape index (κ2) is 10.4. The van der Waals surface area contributed by atoms with Crippen molar-refractivity contribution >= 4 is 28.1 Å². The van der Waals surface area contributed by atoms with Crippen molar-refractivity contribution in [3.05, 3.63) is 102 Å².